The second-order valence-corrected chi connectivity index (χ2v) is 9.08. The van der Waals surface area contributed by atoms with Gasteiger partial charge in [0.25, 0.3) is 0 Å². The first kappa shape index (κ1) is 23.0. The normalized spacial score (nSPS) is 14.0. The fourth-order valence-electron chi connectivity index (χ4n) is 4.54. The van der Waals surface area contributed by atoms with E-state index in [0.717, 1.165) is 64.2 Å². The van der Waals surface area contributed by atoms with Crippen molar-refractivity contribution in [3.63, 3.8) is 0 Å². The molecule has 0 fully saturated rings. The second-order valence-electron chi connectivity index (χ2n) is 9.08. The molecule has 2 aromatic carbocycles. The Morgan fingerprint density at radius 3 is 2.54 bits per heavy atom. The minimum atomic E-state index is -0.854. The fraction of sp³-hybridized carbons (Fsp3) is 0.357. The van der Waals surface area contributed by atoms with E-state index in [-0.39, 0.29) is 0 Å². The summed E-state index contributed by atoms with van der Waals surface area (Å²) in [5.74, 6) is 2.44. The van der Waals surface area contributed by atoms with E-state index < -0.39 is 12.0 Å². The summed E-state index contributed by atoms with van der Waals surface area (Å²) in [5, 5.41) is 10.3. The van der Waals surface area contributed by atoms with E-state index in [9.17, 15) is 9.90 Å². The highest BCUT2D eigenvalue weighted by molar-refractivity contribution is 5.87. The highest BCUT2D eigenvalue weighted by Gasteiger charge is 2.18. The molecule has 0 saturated heterocycles. The number of carboxylic acid groups (broad SMARTS) is 1. The van der Waals surface area contributed by atoms with Crippen molar-refractivity contribution < 1.29 is 23.8 Å². The molecule has 1 unspecified atom stereocenters. The molecule has 0 amide bonds. The third-order valence-electron chi connectivity index (χ3n) is 6.55. The number of carbonyl (C=O) groups is 1. The minimum absolute atomic E-state index is 0.525. The molecule has 5 rings (SSSR count). The van der Waals surface area contributed by atoms with Crippen molar-refractivity contribution in [1.82, 2.24) is 9.55 Å². The maximum Gasteiger partial charge on any atom is 0.326 e. The molecule has 1 aliphatic rings. The van der Waals surface area contributed by atoms with Crippen LogP contribution in [0.3, 0.4) is 0 Å². The summed E-state index contributed by atoms with van der Waals surface area (Å²) in [7, 11) is 0. The Hall–Kier alpha value is -3.74. The van der Waals surface area contributed by atoms with Gasteiger partial charge in [-0.15, -0.1) is 0 Å². The number of fused-ring (bicyclic) bond motifs is 2. The van der Waals surface area contributed by atoms with Gasteiger partial charge in [-0.05, 0) is 81.1 Å². The lowest BCUT2D eigenvalue weighted by atomic mass is 10.0. The van der Waals surface area contributed by atoms with Crippen molar-refractivity contribution in [2.24, 2.45) is 0 Å². The van der Waals surface area contributed by atoms with Crippen molar-refractivity contribution in [2.75, 3.05) is 13.2 Å². The van der Waals surface area contributed by atoms with Gasteiger partial charge in [0, 0.05) is 35.5 Å². The lowest BCUT2D eigenvalue weighted by Crippen LogP contribution is -2.14. The molecule has 4 aromatic rings. The quantitative estimate of drug-likeness (QED) is 0.301. The van der Waals surface area contributed by atoms with Crippen LogP contribution in [0.25, 0.3) is 22.4 Å². The summed E-state index contributed by atoms with van der Waals surface area (Å²) in [5.41, 5.74) is 3.98. The first-order valence-corrected chi connectivity index (χ1v) is 12.2. The molecule has 0 spiro atoms. The predicted molar refractivity (Wildman–Crippen MR) is 133 cm³/mol. The number of hydrogen-bond donors (Lipinski definition) is 1. The summed E-state index contributed by atoms with van der Waals surface area (Å²) in [6.45, 7) is 4.73. The van der Waals surface area contributed by atoms with Crippen LogP contribution in [-0.2, 0) is 17.6 Å². The van der Waals surface area contributed by atoms with Crippen molar-refractivity contribution in [3.05, 3.63) is 65.7 Å². The molecular weight excluding hydrogens is 444 g/mol. The average molecular weight is 475 g/mol. The van der Waals surface area contributed by atoms with Crippen LogP contribution < -0.4 is 9.47 Å². The summed E-state index contributed by atoms with van der Waals surface area (Å²) < 4.78 is 19.5. The van der Waals surface area contributed by atoms with Gasteiger partial charge in [-0.3, -0.25) is 0 Å². The Morgan fingerprint density at radius 1 is 1.09 bits per heavy atom. The van der Waals surface area contributed by atoms with E-state index in [4.69, 9.17) is 13.9 Å². The van der Waals surface area contributed by atoms with Gasteiger partial charge in [-0.25, -0.2) is 9.78 Å². The first-order valence-electron chi connectivity index (χ1n) is 12.2. The molecule has 0 aliphatic heterocycles. The van der Waals surface area contributed by atoms with Crippen molar-refractivity contribution in [2.45, 2.75) is 52.0 Å². The summed E-state index contributed by atoms with van der Waals surface area (Å²) in [6.07, 6.45) is 6.96. The van der Waals surface area contributed by atoms with E-state index in [0.29, 0.717) is 19.1 Å². The van der Waals surface area contributed by atoms with Crippen LogP contribution in [0, 0.1) is 6.92 Å². The standard InChI is InChI=1S/C28H30N2O5/c1-18-17-30(19(2)28(31)32)25-13-12-22(16-23(18)25)34-15-5-14-33-21-10-8-20(9-11-21)27-29-24-6-3-4-7-26(24)35-27/h8-13,16-17,19H,3-7,14-15H2,1-2H3,(H,31,32). The summed E-state index contributed by atoms with van der Waals surface area (Å²) >= 11 is 0. The number of aromatic nitrogens is 2. The molecule has 0 bridgehead atoms. The van der Waals surface area contributed by atoms with Crippen molar-refractivity contribution >= 4 is 16.9 Å². The number of ether oxygens (including phenoxy) is 2. The molecule has 7 nitrogen and oxygen atoms in total. The minimum Gasteiger partial charge on any atom is -0.493 e. The fourth-order valence-corrected chi connectivity index (χ4v) is 4.54. The van der Waals surface area contributed by atoms with Gasteiger partial charge in [-0.1, -0.05) is 0 Å². The van der Waals surface area contributed by atoms with Crippen LogP contribution in [0.4, 0.5) is 0 Å². The maximum atomic E-state index is 11.4. The van der Waals surface area contributed by atoms with Gasteiger partial charge >= 0.3 is 5.97 Å². The third-order valence-corrected chi connectivity index (χ3v) is 6.55. The van der Waals surface area contributed by atoms with Crippen LogP contribution in [0.5, 0.6) is 11.5 Å². The van der Waals surface area contributed by atoms with E-state index in [1.54, 1.807) is 11.5 Å². The molecule has 0 saturated carbocycles. The number of aryl methyl sites for hydroxylation is 3. The second kappa shape index (κ2) is 9.86. The lowest BCUT2D eigenvalue weighted by molar-refractivity contribution is -0.140. The van der Waals surface area contributed by atoms with Crippen LogP contribution in [-0.4, -0.2) is 33.8 Å². The molecule has 2 aromatic heterocycles. The Morgan fingerprint density at radius 2 is 1.80 bits per heavy atom. The highest BCUT2D eigenvalue weighted by Crippen LogP contribution is 2.29. The van der Waals surface area contributed by atoms with Gasteiger partial charge in [0.1, 0.15) is 23.3 Å². The van der Waals surface area contributed by atoms with E-state index in [2.05, 4.69) is 4.98 Å². The number of benzene rings is 2. The molecule has 7 heteroatoms. The number of hydrogen-bond acceptors (Lipinski definition) is 5. The predicted octanol–water partition coefficient (Wildman–Crippen LogP) is 5.98. The molecule has 35 heavy (non-hydrogen) atoms. The van der Waals surface area contributed by atoms with Crippen molar-refractivity contribution in [3.8, 4) is 23.0 Å². The highest BCUT2D eigenvalue weighted by atomic mass is 16.5. The number of aliphatic carboxylic acids is 1. The van der Waals surface area contributed by atoms with Gasteiger partial charge in [-0.2, -0.15) is 0 Å². The van der Waals surface area contributed by atoms with Gasteiger partial charge < -0.3 is 23.6 Å². The Kier molecular flexibility index (Phi) is 6.49. The lowest BCUT2D eigenvalue weighted by Gasteiger charge is -2.11. The Balaban J connectivity index is 1.12. The van der Waals surface area contributed by atoms with Gasteiger partial charge in [0.15, 0.2) is 0 Å². The average Bonchev–Trinajstić information content (AvgIpc) is 3.45. The van der Waals surface area contributed by atoms with Crippen molar-refractivity contribution in [1.29, 1.82) is 0 Å². The van der Waals surface area contributed by atoms with Crippen LogP contribution in [0.15, 0.2) is 53.1 Å². The SMILES string of the molecule is Cc1cn(C(C)C(=O)O)c2ccc(OCCCOc3ccc(-c4nc5c(o4)CCCC5)cc3)cc12. The van der Waals surface area contributed by atoms with Gasteiger partial charge in [0.2, 0.25) is 5.89 Å². The van der Waals surface area contributed by atoms with E-state index in [1.807, 2.05) is 55.6 Å². The maximum absolute atomic E-state index is 11.4. The molecule has 1 N–H and O–H groups in total. The van der Waals surface area contributed by atoms with Crippen LogP contribution in [0.2, 0.25) is 0 Å². The summed E-state index contributed by atoms with van der Waals surface area (Å²) in [6, 6.07) is 13.0. The van der Waals surface area contributed by atoms with E-state index >= 15 is 0 Å². The van der Waals surface area contributed by atoms with Gasteiger partial charge in [0.05, 0.1) is 18.9 Å². The molecular formula is C28H30N2O5. The number of oxazole rings is 1. The Labute approximate surface area is 204 Å². The largest absolute Gasteiger partial charge is 0.493 e. The third kappa shape index (κ3) is 4.90. The topological polar surface area (TPSA) is 86.7 Å². The summed E-state index contributed by atoms with van der Waals surface area (Å²) in [4.78, 5) is 16.0. The number of nitrogens with zero attached hydrogens (tertiary/aromatic N) is 2. The zero-order valence-corrected chi connectivity index (χ0v) is 20.1. The zero-order chi connectivity index (χ0) is 24.4. The molecule has 2 heterocycles. The number of carboxylic acids is 1. The first-order chi connectivity index (χ1) is 17.0. The van der Waals surface area contributed by atoms with Crippen LogP contribution in [0.1, 0.15) is 49.2 Å². The number of rotatable bonds is 9. The zero-order valence-electron chi connectivity index (χ0n) is 20.1. The molecule has 0 radical (unpaired) electrons. The Bertz CT molecular complexity index is 1310. The molecule has 182 valence electrons. The molecule has 1 atom stereocenters. The van der Waals surface area contributed by atoms with E-state index in [1.165, 1.54) is 12.8 Å². The molecule has 1 aliphatic carbocycles. The monoisotopic (exact) mass is 474 g/mol. The van der Waals surface area contributed by atoms with Crippen LogP contribution >= 0.6 is 0 Å². The smallest absolute Gasteiger partial charge is 0.326 e.